The number of carbonyl (C=O) groups excluding carboxylic acids is 2. The standard InChI is InChI=1S/C28H26N4O16S4/c1-15(33)29-22-14-20(50(38,39)40)11-17-12-24(51(41,42)43)26(27(34)25(17)22)32-31-18-5-3-16(4-6-18)28(35)30-21-13-19(7-8-23(21)47-2)49(36,37)10-9-48-52(44,45)46/h3-8,11-14,34H,9-10H2,1-2H3,(H,29,33)(H,30,35)(H,38,39,40)(H,41,42,43)(H,44,45,46)/b32-31+. The maximum Gasteiger partial charge on any atom is 0.397 e. The van der Waals surface area contributed by atoms with Crippen LogP contribution in [0.3, 0.4) is 0 Å². The van der Waals surface area contributed by atoms with Gasteiger partial charge in [0.15, 0.2) is 15.6 Å². The number of nitrogens with zero attached hydrogens (tertiary/aromatic N) is 2. The van der Waals surface area contributed by atoms with E-state index >= 15 is 0 Å². The molecule has 0 saturated heterocycles. The zero-order valence-corrected chi connectivity index (χ0v) is 29.7. The molecule has 0 aliphatic heterocycles. The molecule has 0 aliphatic carbocycles. The molecule has 0 bridgehead atoms. The fourth-order valence-corrected chi connectivity index (χ4v) is 7.23. The molecule has 0 fully saturated rings. The van der Waals surface area contributed by atoms with Crippen molar-refractivity contribution >= 4 is 85.8 Å². The third kappa shape index (κ3) is 9.62. The molecule has 278 valence electrons. The molecular formula is C28H26N4O16S4. The Morgan fingerprint density at radius 3 is 1.96 bits per heavy atom. The van der Waals surface area contributed by atoms with E-state index in [1.54, 1.807) is 0 Å². The minimum Gasteiger partial charge on any atom is -0.505 e. The first-order valence-corrected chi connectivity index (χ1v) is 19.8. The van der Waals surface area contributed by atoms with E-state index in [0.29, 0.717) is 0 Å². The van der Waals surface area contributed by atoms with Gasteiger partial charge in [-0.25, -0.2) is 12.6 Å². The van der Waals surface area contributed by atoms with Gasteiger partial charge >= 0.3 is 10.4 Å². The van der Waals surface area contributed by atoms with E-state index in [4.69, 9.17) is 9.29 Å². The lowest BCUT2D eigenvalue weighted by atomic mass is 10.1. The molecule has 0 aliphatic rings. The monoisotopic (exact) mass is 802 g/mol. The van der Waals surface area contributed by atoms with E-state index < -0.39 is 85.9 Å². The van der Waals surface area contributed by atoms with E-state index in [-0.39, 0.29) is 44.0 Å². The molecule has 2 amide bonds. The van der Waals surface area contributed by atoms with Crippen molar-refractivity contribution in [1.29, 1.82) is 0 Å². The highest BCUT2D eigenvalue weighted by Gasteiger charge is 2.26. The first-order valence-electron chi connectivity index (χ1n) is 13.9. The number of hydrogen-bond donors (Lipinski definition) is 6. The van der Waals surface area contributed by atoms with Gasteiger partial charge in [0, 0.05) is 17.9 Å². The van der Waals surface area contributed by atoms with Crippen LogP contribution in [0.2, 0.25) is 0 Å². The molecule has 4 rings (SSSR count). The molecule has 52 heavy (non-hydrogen) atoms. The summed E-state index contributed by atoms with van der Waals surface area (Å²) in [5.41, 5.74) is -1.33. The van der Waals surface area contributed by atoms with Crippen molar-refractivity contribution in [2.45, 2.75) is 21.6 Å². The van der Waals surface area contributed by atoms with E-state index in [1.165, 1.54) is 37.4 Å². The van der Waals surface area contributed by atoms with Crippen LogP contribution in [0.25, 0.3) is 10.8 Å². The molecule has 24 heteroatoms. The number of carbonyl (C=O) groups is 2. The normalized spacial score (nSPS) is 12.6. The first kappa shape index (κ1) is 39.7. The Kier molecular flexibility index (Phi) is 11.4. The summed E-state index contributed by atoms with van der Waals surface area (Å²) >= 11 is 0. The fourth-order valence-electron chi connectivity index (χ4n) is 4.52. The predicted molar refractivity (Wildman–Crippen MR) is 181 cm³/mol. The number of aromatic hydroxyl groups is 1. The zero-order chi connectivity index (χ0) is 38.8. The molecule has 20 nitrogen and oxygen atoms in total. The highest BCUT2D eigenvalue weighted by Crippen LogP contribution is 2.45. The molecule has 4 aromatic carbocycles. The van der Waals surface area contributed by atoms with E-state index in [1.807, 2.05) is 0 Å². The van der Waals surface area contributed by atoms with Crippen molar-refractivity contribution in [3.05, 3.63) is 66.2 Å². The molecule has 0 aromatic heterocycles. The van der Waals surface area contributed by atoms with Crippen molar-refractivity contribution in [2.24, 2.45) is 10.2 Å². The number of ether oxygens (including phenoxy) is 1. The largest absolute Gasteiger partial charge is 0.505 e. The van der Waals surface area contributed by atoms with Gasteiger partial charge in [-0.1, -0.05) is 0 Å². The van der Waals surface area contributed by atoms with Crippen LogP contribution in [0.4, 0.5) is 22.7 Å². The Balaban J connectivity index is 1.66. The third-order valence-electron chi connectivity index (χ3n) is 6.77. The van der Waals surface area contributed by atoms with Gasteiger partial charge in [0.2, 0.25) is 5.91 Å². The smallest absolute Gasteiger partial charge is 0.397 e. The number of hydrogen-bond acceptors (Lipinski definition) is 15. The van der Waals surface area contributed by atoms with Crippen LogP contribution in [-0.4, -0.2) is 83.7 Å². The number of nitrogens with one attached hydrogen (secondary N) is 2. The number of methoxy groups -OCH3 is 1. The minimum atomic E-state index is -5.17. The lowest BCUT2D eigenvalue weighted by Crippen LogP contribution is -2.16. The summed E-state index contributed by atoms with van der Waals surface area (Å²) in [6.45, 7) is 0.167. The number of rotatable bonds is 13. The Bertz CT molecular complexity index is 2570. The van der Waals surface area contributed by atoms with Gasteiger partial charge in [0.05, 0.1) is 46.3 Å². The second kappa shape index (κ2) is 14.9. The van der Waals surface area contributed by atoms with Crippen LogP contribution in [0, 0.1) is 0 Å². The molecule has 0 atom stereocenters. The summed E-state index contributed by atoms with van der Waals surface area (Å²) in [6, 6.07) is 10.7. The number of fused-ring (bicyclic) bond motifs is 1. The molecule has 0 spiro atoms. The topological polar surface area (TPSA) is 319 Å². The Morgan fingerprint density at radius 1 is 0.769 bits per heavy atom. The summed E-state index contributed by atoms with van der Waals surface area (Å²) in [4.78, 5) is 22.7. The second-order valence-corrected chi connectivity index (χ2v) is 16.4. The first-order chi connectivity index (χ1) is 24.0. The van der Waals surface area contributed by atoms with Gasteiger partial charge in [0.1, 0.15) is 16.3 Å². The predicted octanol–water partition coefficient (Wildman–Crippen LogP) is 3.27. The average Bonchev–Trinajstić information content (AvgIpc) is 3.02. The van der Waals surface area contributed by atoms with Crippen molar-refractivity contribution in [2.75, 3.05) is 30.1 Å². The van der Waals surface area contributed by atoms with E-state index in [9.17, 15) is 57.5 Å². The van der Waals surface area contributed by atoms with Gasteiger partial charge in [-0.05, 0) is 66.0 Å². The molecule has 6 N–H and O–H groups in total. The minimum absolute atomic E-state index is 0.0161. The zero-order valence-electron chi connectivity index (χ0n) is 26.4. The van der Waals surface area contributed by atoms with Crippen LogP contribution < -0.4 is 15.4 Å². The number of sulfone groups is 1. The number of azo groups is 1. The van der Waals surface area contributed by atoms with Crippen molar-refractivity contribution in [3.8, 4) is 11.5 Å². The van der Waals surface area contributed by atoms with Crippen molar-refractivity contribution in [3.63, 3.8) is 0 Å². The van der Waals surface area contributed by atoms with Crippen LogP contribution in [0.5, 0.6) is 11.5 Å². The molecule has 0 heterocycles. The summed E-state index contributed by atoms with van der Waals surface area (Å²) in [6.07, 6.45) is 0. The average molecular weight is 803 g/mol. The lowest BCUT2D eigenvalue weighted by Gasteiger charge is -2.14. The van der Waals surface area contributed by atoms with Crippen molar-refractivity contribution < 1.29 is 70.9 Å². The molecular weight excluding hydrogens is 777 g/mol. The number of amides is 2. The molecule has 4 aromatic rings. The van der Waals surface area contributed by atoms with Gasteiger partial charge in [-0.15, -0.1) is 5.11 Å². The van der Waals surface area contributed by atoms with Gasteiger partial charge in [0.25, 0.3) is 26.1 Å². The van der Waals surface area contributed by atoms with Crippen LogP contribution in [0.1, 0.15) is 17.3 Å². The maximum atomic E-state index is 13.0. The number of benzene rings is 4. The second-order valence-electron chi connectivity index (χ2n) is 10.4. The Labute approximate surface area is 295 Å². The highest BCUT2D eigenvalue weighted by atomic mass is 32.3. The summed E-state index contributed by atoms with van der Waals surface area (Å²) in [7, 11) is -17.9. The van der Waals surface area contributed by atoms with Gasteiger partial charge in [-0.3, -0.25) is 23.2 Å². The SMILES string of the molecule is COc1ccc(S(=O)(=O)CCOS(=O)(=O)O)cc1NC(=O)c1ccc(/N=N/c2c(S(=O)(=O)O)cc3cc(S(=O)(=O)O)cc(NC(C)=O)c3c2O)cc1. The molecule has 0 saturated carbocycles. The summed E-state index contributed by atoms with van der Waals surface area (Å²) < 4.78 is 132. The number of anilines is 2. The van der Waals surface area contributed by atoms with Crippen LogP contribution in [0.15, 0.2) is 85.6 Å². The van der Waals surface area contributed by atoms with Crippen molar-refractivity contribution in [1.82, 2.24) is 0 Å². The third-order valence-corrected chi connectivity index (χ3v) is 10.6. The Morgan fingerprint density at radius 2 is 1.40 bits per heavy atom. The van der Waals surface area contributed by atoms with E-state index in [0.717, 1.165) is 37.3 Å². The number of phenolic OH excluding ortho intramolecular Hbond substituents is 1. The van der Waals surface area contributed by atoms with Gasteiger partial charge in [-0.2, -0.15) is 30.4 Å². The highest BCUT2D eigenvalue weighted by molar-refractivity contribution is 7.91. The van der Waals surface area contributed by atoms with Crippen LogP contribution >= 0.6 is 0 Å². The molecule has 0 radical (unpaired) electrons. The fraction of sp³-hybridized carbons (Fsp3) is 0.143. The summed E-state index contributed by atoms with van der Waals surface area (Å²) in [5, 5.41) is 22.7. The van der Waals surface area contributed by atoms with Crippen LogP contribution in [-0.2, 0) is 49.5 Å². The quantitative estimate of drug-likeness (QED) is 0.0834. The van der Waals surface area contributed by atoms with E-state index in [2.05, 4.69) is 25.0 Å². The summed E-state index contributed by atoms with van der Waals surface area (Å²) in [5.74, 6) is -3.26. The molecule has 0 unspecified atom stereocenters. The number of phenols is 1. The lowest BCUT2D eigenvalue weighted by molar-refractivity contribution is -0.114. The maximum absolute atomic E-state index is 13.0. The van der Waals surface area contributed by atoms with Gasteiger partial charge < -0.3 is 20.5 Å². The Hall–Kier alpha value is -5.08.